The number of halogens is 1. The van der Waals surface area contributed by atoms with Crippen LogP contribution in [0.25, 0.3) is 0 Å². The first-order valence-corrected chi connectivity index (χ1v) is 8.60. The molecule has 3 nitrogen and oxygen atoms in total. The van der Waals surface area contributed by atoms with Gasteiger partial charge in [-0.2, -0.15) is 0 Å². The molecule has 0 atom stereocenters. The van der Waals surface area contributed by atoms with Crippen LogP contribution in [0.3, 0.4) is 0 Å². The van der Waals surface area contributed by atoms with Gasteiger partial charge in [0.1, 0.15) is 0 Å². The molecule has 2 aromatic rings. The van der Waals surface area contributed by atoms with Crippen LogP contribution in [0, 0.1) is 6.92 Å². The van der Waals surface area contributed by atoms with Gasteiger partial charge in [0.25, 0.3) is 5.91 Å². The zero-order valence-electron chi connectivity index (χ0n) is 14.7. The summed E-state index contributed by atoms with van der Waals surface area (Å²) < 4.78 is 0. The Morgan fingerprint density at radius 2 is 1.92 bits per heavy atom. The van der Waals surface area contributed by atoms with Gasteiger partial charge in [-0.05, 0) is 51.0 Å². The number of anilines is 1. The van der Waals surface area contributed by atoms with E-state index in [0.29, 0.717) is 17.1 Å². The smallest absolute Gasteiger partial charge is 0.253 e. The minimum atomic E-state index is -0.248. The van der Waals surface area contributed by atoms with Crippen LogP contribution < -0.4 is 10.6 Å². The summed E-state index contributed by atoms with van der Waals surface area (Å²) in [7, 11) is 0. The fourth-order valence-corrected chi connectivity index (χ4v) is 2.56. The molecule has 1 amide bonds. The van der Waals surface area contributed by atoms with Crippen molar-refractivity contribution in [3.8, 4) is 0 Å². The van der Waals surface area contributed by atoms with Crippen molar-refractivity contribution in [3.05, 3.63) is 64.2 Å². The number of aryl methyl sites for hydroxylation is 1. The molecule has 0 radical (unpaired) electrons. The molecule has 0 aliphatic heterocycles. The van der Waals surface area contributed by atoms with E-state index in [1.54, 1.807) is 12.1 Å². The second-order valence-corrected chi connectivity index (χ2v) is 7.14. The van der Waals surface area contributed by atoms with Crippen LogP contribution in [-0.4, -0.2) is 11.4 Å². The van der Waals surface area contributed by atoms with Gasteiger partial charge in [-0.3, -0.25) is 4.79 Å². The molecule has 2 aromatic carbocycles. The van der Waals surface area contributed by atoms with Crippen molar-refractivity contribution in [2.75, 3.05) is 5.32 Å². The monoisotopic (exact) mass is 344 g/mol. The van der Waals surface area contributed by atoms with Crippen LogP contribution in [0.5, 0.6) is 0 Å². The second-order valence-electron chi connectivity index (χ2n) is 6.73. The molecule has 0 aromatic heterocycles. The Bertz CT molecular complexity index is 725. The third-order valence-electron chi connectivity index (χ3n) is 4.13. The van der Waals surface area contributed by atoms with E-state index in [-0.39, 0.29) is 11.4 Å². The van der Waals surface area contributed by atoms with Crippen molar-refractivity contribution in [2.45, 2.75) is 46.2 Å². The molecule has 0 saturated heterocycles. The summed E-state index contributed by atoms with van der Waals surface area (Å²) >= 11 is 6.30. The highest BCUT2D eigenvalue weighted by atomic mass is 35.5. The average molecular weight is 345 g/mol. The largest absolute Gasteiger partial charge is 0.381 e. The lowest BCUT2D eigenvalue weighted by atomic mass is 10.0. The summed E-state index contributed by atoms with van der Waals surface area (Å²) in [5.74, 6) is -0.142. The zero-order valence-corrected chi connectivity index (χ0v) is 15.5. The minimum Gasteiger partial charge on any atom is -0.381 e. The summed E-state index contributed by atoms with van der Waals surface area (Å²) in [5, 5.41) is 6.79. The fraction of sp³-hybridized carbons (Fsp3) is 0.350. The standard InChI is InChI=1S/C20H25ClN2O/c1-5-20(3,4)23-19(24)17-10-9-16(12-18(17)21)22-13-15-8-6-7-14(2)11-15/h6-12,22H,5,13H2,1-4H3,(H,23,24). The van der Waals surface area contributed by atoms with Crippen molar-refractivity contribution < 1.29 is 4.79 Å². The molecule has 0 spiro atoms. The summed E-state index contributed by atoms with van der Waals surface area (Å²) in [6, 6.07) is 13.8. The van der Waals surface area contributed by atoms with Gasteiger partial charge in [0.05, 0.1) is 10.6 Å². The Morgan fingerprint density at radius 3 is 2.54 bits per heavy atom. The van der Waals surface area contributed by atoms with Gasteiger partial charge in [-0.25, -0.2) is 0 Å². The van der Waals surface area contributed by atoms with Gasteiger partial charge in [0, 0.05) is 17.8 Å². The molecule has 128 valence electrons. The Balaban J connectivity index is 2.05. The van der Waals surface area contributed by atoms with E-state index in [2.05, 4.69) is 35.8 Å². The first-order chi connectivity index (χ1) is 11.3. The SMILES string of the molecule is CCC(C)(C)NC(=O)c1ccc(NCc2cccc(C)c2)cc1Cl. The van der Waals surface area contributed by atoms with Crippen molar-refractivity contribution in [3.63, 3.8) is 0 Å². The van der Waals surface area contributed by atoms with Crippen LogP contribution in [0.2, 0.25) is 5.02 Å². The molecule has 0 aliphatic carbocycles. The third-order valence-corrected chi connectivity index (χ3v) is 4.44. The molecule has 2 N–H and O–H groups in total. The fourth-order valence-electron chi connectivity index (χ4n) is 2.30. The molecule has 0 saturated carbocycles. The normalized spacial score (nSPS) is 11.2. The number of carbonyl (C=O) groups excluding carboxylic acids is 1. The van der Waals surface area contributed by atoms with Crippen LogP contribution in [-0.2, 0) is 6.54 Å². The van der Waals surface area contributed by atoms with E-state index in [1.165, 1.54) is 11.1 Å². The minimum absolute atomic E-state index is 0.142. The highest BCUT2D eigenvalue weighted by Gasteiger charge is 2.20. The first-order valence-electron chi connectivity index (χ1n) is 8.22. The first kappa shape index (κ1) is 18.3. The van der Waals surface area contributed by atoms with Gasteiger partial charge in [0.15, 0.2) is 0 Å². The Labute approximate surface area is 149 Å². The molecular formula is C20H25ClN2O. The van der Waals surface area contributed by atoms with Crippen molar-refractivity contribution in [1.82, 2.24) is 5.32 Å². The van der Waals surface area contributed by atoms with Crippen molar-refractivity contribution in [1.29, 1.82) is 0 Å². The number of carbonyl (C=O) groups is 1. The summed E-state index contributed by atoms with van der Waals surface area (Å²) in [5.41, 5.74) is 3.59. The predicted molar refractivity (Wildman–Crippen MR) is 102 cm³/mol. The lowest BCUT2D eigenvalue weighted by Crippen LogP contribution is -2.42. The summed E-state index contributed by atoms with van der Waals surface area (Å²) in [4.78, 5) is 12.4. The Morgan fingerprint density at radius 1 is 1.17 bits per heavy atom. The van der Waals surface area contributed by atoms with Gasteiger partial charge in [-0.1, -0.05) is 48.4 Å². The van der Waals surface area contributed by atoms with Gasteiger partial charge in [0.2, 0.25) is 0 Å². The van der Waals surface area contributed by atoms with Crippen LogP contribution in [0.4, 0.5) is 5.69 Å². The number of amides is 1. The third kappa shape index (κ3) is 5.00. The van der Waals surface area contributed by atoms with E-state index in [1.807, 2.05) is 32.9 Å². The maximum absolute atomic E-state index is 12.4. The number of nitrogens with one attached hydrogen (secondary N) is 2. The summed E-state index contributed by atoms with van der Waals surface area (Å²) in [6.07, 6.45) is 0.854. The lowest BCUT2D eigenvalue weighted by molar-refractivity contribution is 0.0911. The quantitative estimate of drug-likeness (QED) is 0.758. The highest BCUT2D eigenvalue weighted by Crippen LogP contribution is 2.22. The highest BCUT2D eigenvalue weighted by molar-refractivity contribution is 6.34. The predicted octanol–water partition coefficient (Wildman–Crippen LogP) is 5.18. The topological polar surface area (TPSA) is 41.1 Å². The molecule has 2 rings (SSSR count). The molecule has 0 bridgehead atoms. The number of benzene rings is 2. The molecule has 0 unspecified atom stereocenters. The van der Waals surface area contributed by atoms with Gasteiger partial charge < -0.3 is 10.6 Å². The van der Waals surface area contributed by atoms with Gasteiger partial charge in [-0.15, -0.1) is 0 Å². The maximum Gasteiger partial charge on any atom is 0.253 e. The molecule has 0 aliphatic rings. The maximum atomic E-state index is 12.4. The molecule has 4 heteroatoms. The van der Waals surface area contributed by atoms with E-state index >= 15 is 0 Å². The van der Waals surface area contributed by atoms with Crippen LogP contribution >= 0.6 is 11.6 Å². The Hall–Kier alpha value is -2.00. The van der Waals surface area contributed by atoms with Crippen molar-refractivity contribution >= 4 is 23.2 Å². The van der Waals surface area contributed by atoms with E-state index in [9.17, 15) is 4.79 Å². The lowest BCUT2D eigenvalue weighted by Gasteiger charge is -2.24. The molecule has 0 fully saturated rings. The summed E-state index contributed by atoms with van der Waals surface area (Å²) in [6.45, 7) is 8.82. The number of hydrogen-bond acceptors (Lipinski definition) is 2. The molecule has 24 heavy (non-hydrogen) atoms. The molecule has 0 heterocycles. The Kier molecular flexibility index (Phi) is 5.89. The van der Waals surface area contributed by atoms with E-state index in [4.69, 9.17) is 11.6 Å². The van der Waals surface area contributed by atoms with Crippen molar-refractivity contribution in [2.24, 2.45) is 0 Å². The number of rotatable bonds is 6. The van der Waals surface area contributed by atoms with Gasteiger partial charge >= 0.3 is 0 Å². The van der Waals surface area contributed by atoms with Crippen LogP contribution in [0.1, 0.15) is 48.7 Å². The number of hydrogen-bond donors (Lipinski definition) is 2. The zero-order chi connectivity index (χ0) is 17.7. The van der Waals surface area contributed by atoms with E-state index < -0.39 is 0 Å². The van der Waals surface area contributed by atoms with Crippen LogP contribution in [0.15, 0.2) is 42.5 Å². The van der Waals surface area contributed by atoms with E-state index in [0.717, 1.165) is 12.1 Å². The molecular weight excluding hydrogens is 320 g/mol. The average Bonchev–Trinajstić information content (AvgIpc) is 2.52. The second kappa shape index (κ2) is 7.71.